The topological polar surface area (TPSA) is 135 Å². The molecule has 0 aliphatic carbocycles. The van der Waals surface area contributed by atoms with Crippen molar-refractivity contribution in [2.45, 2.75) is 0 Å². The molecule has 10 nitrogen and oxygen atoms in total. The number of nitro benzene ring substituents is 1. The van der Waals surface area contributed by atoms with Crippen molar-refractivity contribution in [1.82, 2.24) is 10.9 Å². The fraction of sp³-hybridized carbons (Fsp3) is 0. The van der Waals surface area contributed by atoms with Crippen LogP contribution in [0.5, 0.6) is 0 Å². The SMILES string of the molecule is O=[N+]([O-])NC(=Nc1ccccc1)NN=Cc1ccc([N+](=O)[O-])cc1. The van der Waals surface area contributed by atoms with Crippen LogP contribution in [0.2, 0.25) is 0 Å². The summed E-state index contributed by atoms with van der Waals surface area (Å²) in [6.07, 6.45) is 1.35. The molecule has 0 atom stereocenters. The normalized spacial score (nSPS) is 11.2. The van der Waals surface area contributed by atoms with E-state index >= 15 is 0 Å². The van der Waals surface area contributed by atoms with Crippen LogP contribution in [0.1, 0.15) is 5.56 Å². The average Bonchev–Trinajstić information content (AvgIpc) is 2.55. The Morgan fingerprint density at radius 3 is 2.25 bits per heavy atom. The van der Waals surface area contributed by atoms with Crippen LogP contribution in [0.25, 0.3) is 0 Å². The van der Waals surface area contributed by atoms with E-state index in [1.165, 1.54) is 30.5 Å². The van der Waals surface area contributed by atoms with E-state index in [9.17, 15) is 20.2 Å². The van der Waals surface area contributed by atoms with Crippen molar-refractivity contribution in [3.05, 3.63) is 80.4 Å². The van der Waals surface area contributed by atoms with Gasteiger partial charge in [-0.1, -0.05) is 23.6 Å². The Labute approximate surface area is 135 Å². The van der Waals surface area contributed by atoms with Crippen LogP contribution < -0.4 is 10.9 Å². The summed E-state index contributed by atoms with van der Waals surface area (Å²) in [4.78, 5) is 24.7. The third-order valence-corrected chi connectivity index (χ3v) is 2.68. The number of non-ortho nitro benzene ring substituents is 1. The lowest BCUT2D eigenvalue weighted by molar-refractivity contribution is -0.525. The smallest absolute Gasteiger partial charge is 0.258 e. The van der Waals surface area contributed by atoms with Gasteiger partial charge < -0.3 is 0 Å². The van der Waals surface area contributed by atoms with E-state index < -0.39 is 9.96 Å². The van der Waals surface area contributed by atoms with E-state index in [4.69, 9.17) is 0 Å². The molecule has 0 bridgehead atoms. The Morgan fingerprint density at radius 2 is 1.67 bits per heavy atom. The monoisotopic (exact) mass is 328 g/mol. The summed E-state index contributed by atoms with van der Waals surface area (Å²) in [6.45, 7) is 0. The van der Waals surface area contributed by atoms with Gasteiger partial charge >= 0.3 is 0 Å². The number of nitrogens with zero attached hydrogens (tertiary/aromatic N) is 4. The van der Waals surface area contributed by atoms with Gasteiger partial charge in [0.2, 0.25) is 0 Å². The van der Waals surface area contributed by atoms with Crippen LogP contribution in [0, 0.1) is 20.2 Å². The Bertz CT molecular complexity index is 774. The molecular weight excluding hydrogens is 316 g/mol. The molecule has 24 heavy (non-hydrogen) atoms. The Morgan fingerprint density at radius 1 is 1.00 bits per heavy atom. The number of rotatable bonds is 5. The highest BCUT2D eigenvalue weighted by molar-refractivity contribution is 5.84. The largest absolute Gasteiger partial charge is 0.279 e. The molecule has 2 aromatic rings. The number of benzene rings is 2. The van der Waals surface area contributed by atoms with Crippen LogP contribution in [-0.4, -0.2) is 22.1 Å². The average molecular weight is 328 g/mol. The first-order valence-electron chi connectivity index (χ1n) is 6.63. The molecule has 2 aromatic carbocycles. The van der Waals surface area contributed by atoms with Crippen LogP contribution >= 0.6 is 0 Å². The second-order valence-corrected chi connectivity index (χ2v) is 4.38. The zero-order valence-corrected chi connectivity index (χ0v) is 12.2. The van der Waals surface area contributed by atoms with Gasteiger partial charge in [-0.15, -0.1) is 0 Å². The molecule has 0 aliphatic heterocycles. The fourth-order valence-corrected chi connectivity index (χ4v) is 1.64. The Balaban J connectivity index is 2.08. The van der Waals surface area contributed by atoms with Crippen molar-refractivity contribution in [3.63, 3.8) is 0 Å². The summed E-state index contributed by atoms with van der Waals surface area (Å²) in [5.74, 6) is -0.177. The lowest BCUT2D eigenvalue weighted by Crippen LogP contribution is -2.38. The van der Waals surface area contributed by atoms with Gasteiger partial charge in [0.25, 0.3) is 11.6 Å². The van der Waals surface area contributed by atoms with Gasteiger partial charge in [-0.05, 0) is 29.8 Å². The molecule has 0 unspecified atom stereocenters. The number of nitro groups is 2. The minimum Gasteiger partial charge on any atom is -0.258 e. The first kappa shape index (κ1) is 16.5. The van der Waals surface area contributed by atoms with Crippen LogP contribution in [0.4, 0.5) is 11.4 Å². The van der Waals surface area contributed by atoms with Crippen molar-refractivity contribution in [3.8, 4) is 0 Å². The Hall–Kier alpha value is -3.82. The van der Waals surface area contributed by atoms with Crippen molar-refractivity contribution < 1.29 is 9.96 Å². The van der Waals surface area contributed by atoms with Crippen molar-refractivity contribution in [2.75, 3.05) is 0 Å². The predicted molar refractivity (Wildman–Crippen MR) is 87.5 cm³/mol. The summed E-state index contributed by atoms with van der Waals surface area (Å²) < 4.78 is 0. The number of nitrogens with one attached hydrogen (secondary N) is 2. The molecule has 0 amide bonds. The minimum atomic E-state index is -0.768. The van der Waals surface area contributed by atoms with E-state index in [2.05, 4.69) is 15.5 Å². The third kappa shape index (κ3) is 5.18. The first-order valence-corrected chi connectivity index (χ1v) is 6.63. The van der Waals surface area contributed by atoms with Crippen LogP contribution in [0.15, 0.2) is 64.7 Å². The second kappa shape index (κ2) is 7.98. The van der Waals surface area contributed by atoms with E-state index in [1.807, 2.05) is 5.43 Å². The number of aliphatic imine (C=N–C) groups is 1. The first-order chi connectivity index (χ1) is 11.5. The highest BCUT2D eigenvalue weighted by Gasteiger charge is 2.05. The predicted octanol–water partition coefficient (Wildman–Crippen LogP) is 1.99. The summed E-state index contributed by atoms with van der Waals surface area (Å²) >= 11 is 0. The zero-order chi connectivity index (χ0) is 17.4. The van der Waals surface area contributed by atoms with Crippen molar-refractivity contribution >= 4 is 23.5 Å². The van der Waals surface area contributed by atoms with Gasteiger partial charge in [-0.2, -0.15) is 5.10 Å². The number of hydrogen-bond donors (Lipinski definition) is 2. The molecule has 0 heterocycles. The van der Waals surface area contributed by atoms with E-state index in [0.29, 0.717) is 11.3 Å². The van der Waals surface area contributed by atoms with E-state index in [1.54, 1.807) is 30.3 Å². The van der Waals surface area contributed by atoms with E-state index in [-0.39, 0.29) is 11.6 Å². The fourth-order valence-electron chi connectivity index (χ4n) is 1.64. The number of hydrazone groups is 1. The lowest BCUT2D eigenvalue weighted by atomic mass is 10.2. The van der Waals surface area contributed by atoms with Crippen molar-refractivity contribution in [1.29, 1.82) is 0 Å². The molecule has 0 spiro atoms. The molecule has 0 saturated carbocycles. The second-order valence-electron chi connectivity index (χ2n) is 4.38. The Kier molecular flexibility index (Phi) is 5.50. The quantitative estimate of drug-likeness (QED) is 0.373. The molecular formula is C14H12N6O4. The maximum absolute atomic E-state index is 10.6. The highest BCUT2D eigenvalue weighted by Crippen LogP contribution is 2.11. The summed E-state index contributed by atoms with van der Waals surface area (Å²) in [6, 6.07) is 14.3. The van der Waals surface area contributed by atoms with Gasteiger partial charge in [-0.3, -0.25) is 10.1 Å². The van der Waals surface area contributed by atoms with Gasteiger partial charge in [0, 0.05) is 12.1 Å². The molecule has 2 rings (SSSR count). The van der Waals surface area contributed by atoms with Gasteiger partial charge in [0.15, 0.2) is 5.03 Å². The zero-order valence-electron chi connectivity index (χ0n) is 12.2. The maximum atomic E-state index is 10.6. The standard InChI is InChI=1S/C14H12N6O4/c21-19(22)13-8-6-11(7-9-13)10-15-17-14(18-20(23)24)16-12-4-2-1-3-5-12/h1-10H,(H2,16,17,18). The number of hydrogen-bond acceptors (Lipinski definition) is 6. The molecule has 0 saturated heterocycles. The third-order valence-electron chi connectivity index (χ3n) is 2.68. The number of guanidine groups is 1. The minimum absolute atomic E-state index is 0.0403. The van der Waals surface area contributed by atoms with Crippen molar-refractivity contribution in [2.24, 2.45) is 10.1 Å². The van der Waals surface area contributed by atoms with Gasteiger partial charge in [0.05, 0.1) is 16.8 Å². The lowest BCUT2D eigenvalue weighted by Gasteiger charge is -2.02. The molecule has 0 aliphatic rings. The van der Waals surface area contributed by atoms with Gasteiger partial charge in [0.1, 0.15) is 0 Å². The van der Waals surface area contributed by atoms with Crippen LogP contribution in [-0.2, 0) is 0 Å². The summed E-state index contributed by atoms with van der Waals surface area (Å²) in [7, 11) is 0. The van der Waals surface area contributed by atoms with Crippen LogP contribution in [0.3, 0.4) is 0 Å². The molecule has 0 radical (unpaired) electrons. The number of hydrazine groups is 1. The molecule has 2 N–H and O–H groups in total. The van der Waals surface area contributed by atoms with E-state index in [0.717, 1.165) is 0 Å². The summed E-state index contributed by atoms with van der Waals surface area (Å²) in [5.41, 5.74) is 5.35. The summed E-state index contributed by atoms with van der Waals surface area (Å²) in [5, 5.41) is 24.2. The molecule has 0 aromatic heterocycles. The van der Waals surface area contributed by atoms with Gasteiger partial charge in [-0.25, -0.2) is 20.5 Å². The molecule has 10 heteroatoms. The highest BCUT2D eigenvalue weighted by atomic mass is 16.7. The molecule has 0 fully saturated rings. The maximum Gasteiger partial charge on any atom is 0.279 e. The number of para-hydroxylation sites is 1. The molecule has 122 valence electrons.